The number of sulfonamides is 1. The van der Waals surface area contributed by atoms with Crippen LogP contribution in [0, 0.1) is 0 Å². The molecule has 3 aromatic rings. The van der Waals surface area contributed by atoms with Crippen molar-refractivity contribution < 1.29 is 13.2 Å². The van der Waals surface area contributed by atoms with Crippen molar-refractivity contribution in [2.45, 2.75) is 4.90 Å². The zero-order chi connectivity index (χ0) is 18.4. The number of nitrogens with one attached hydrogen (secondary N) is 2. The van der Waals surface area contributed by atoms with Crippen LogP contribution in [-0.4, -0.2) is 20.5 Å². The minimum absolute atomic E-state index is 0.171. The molecule has 26 heavy (non-hydrogen) atoms. The molecule has 2 N–H and O–H groups in total. The molecule has 1 amide bonds. The highest BCUT2D eigenvalue weighted by Gasteiger charge is 2.13. The Kier molecular flexibility index (Phi) is 5.45. The normalized spacial score (nSPS) is 11.4. The minimum atomic E-state index is -3.66. The highest BCUT2D eigenvalue weighted by atomic mass is 32.2. The number of hydrogen-bond donors (Lipinski definition) is 2. The SMILES string of the molecule is O=C(NN=Cc1cccs1)c1ccc(NS(=O)(=O)c2ccccc2)cc1. The monoisotopic (exact) mass is 385 g/mol. The summed E-state index contributed by atoms with van der Waals surface area (Å²) < 4.78 is 27.0. The fourth-order valence-electron chi connectivity index (χ4n) is 2.09. The molecule has 2 aromatic carbocycles. The van der Waals surface area contributed by atoms with E-state index in [-0.39, 0.29) is 10.8 Å². The number of amides is 1. The molecule has 0 aliphatic carbocycles. The van der Waals surface area contributed by atoms with Gasteiger partial charge in [0.2, 0.25) is 0 Å². The molecule has 1 heterocycles. The van der Waals surface area contributed by atoms with E-state index >= 15 is 0 Å². The standard InChI is InChI=1S/C18H15N3O3S2/c22-18(20-19-13-16-5-4-12-25-16)14-8-10-15(11-9-14)21-26(23,24)17-6-2-1-3-7-17/h1-13,21H,(H,20,22). The Morgan fingerprint density at radius 2 is 1.69 bits per heavy atom. The van der Waals surface area contributed by atoms with Crippen LogP contribution in [0.5, 0.6) is 0 Å². The van der Waals surface area contributed by atoms with Gasteiger partial charge in [0.25, 0.3) is 15.9 Å². The molecule has 0 radical (unpaired) electrons. The van der Waals surface area contributed by atoms with Crippen LogP contribution in [-0.2, 0) is 10.0 Å². The van der Waals surface area contributed by atoms with Crippen molar-refractivity contribution in [2.24, 2.45) is 5.10 Å². The van der Waals surface area contributed by atoms with Gasteiger partial charge in [0.15, 0.2) is 0 Å². The first-order chi connectivity index (χ1) is 12.5. The van der Waals surface area contributed by atoms with E-state index in [2.05, 4.69) is 15.2 Å². The van der Waals surface area contributed by atoms with Gasteiger partial charge in [-0.3, -0.25) is 9.52 Å². The summed E-state index contributed by atoms with van der Waals surface area (Å²) in [7, 11) is -3.66. The van der Waals surface area contributed by atoms with Crippen molar-refractivity contribution in [1.29, 1.82) is 0 Å². The van der Waals surface area contributed by atoms with Crippen molar-refractivity contribution in [3.8, 4) is 0 Å². The third kappa shape index (κ3) is 4.56. The molecule has 0 fully saturated rings. The maximum absolute atomic E-state index is 12.3. The first kappa shape index (κ1) is 17.8. The zero-order valence-corrected chi connectivity index (χ0v) is 15.1. The van der Waals surface area contributed by atoms with Gasteiger partial charge in [-0.25, -0.2) is 13.8 Å². The van der Waals surface area contributed by atoms with Crippen molar-refractivity contribution in [2.75, 3.05) is 4.72 Å². The Bertz CT molecular complexity index is 998. The van der Waals surface area contributed by atoms with Crippen molar-refractivity contribution in [1.82, 2.24) is 5.43 Å². The van der Waals surface area contributed by atoms with Crippen LogP contribution >= 0.6 is 11.3 Å². The summed E-state index contributed by atoms with van der Waals surface area (Å²) in [5, 5.41) is 5.80. The quantitative estimate of drug-likeness (QED) is 0.504. The van der Waals surface area contributed by atoms with Gasteiger partial charge in [-0.2, -0.15) is 5.10 Å². The summed E-state index contributed by atoms with van der Waals surface area (Å²) in [6.07, 6.45) is 1.56. The number of nitrogens with zero attached hydrogens (tertiary/aromatic N) is 1. The van der Waals surface area contributed by atoms with Gasteiger partial charge in [-0.05, 0) is 47.8 Å². The van der Waals surface area contributed by atoms with Crippen LogP contribution in [0.2, 0.25) is 0 Å². The van der Waals surface area contributed by atoms with Gasteiger partial charge in [-0.15, -0.1) is 11.3 Å². The van der Waals surface area contributed by atoms with Crippen molar-refractivity contribution in [3.63, 3.8) is 0 Å². The second-order valence-electron chi connectivity index (χ2n) is 5.21. The molecule has 0 spiro atoms. The summed E-state index contributed by atoms with van der Waals surface area (Å²) in [5.41, 5.74) is 3.17. The van der Waals surface area contributed by atoms with Gasteiger partial charge in [-0.1, -0.05) is 24.3 Å². The second-order valence-corrected chi connectivity index (χ2v) is 7.87. The van der Waals surface area contributed by atoms with Crippen LogP contribution in [0.1, 0.15) is 15.2 Å². The summed E-state index contributed by atoms with van der Waals surface area (Å²) in [4.78, 5) is 13.1. The van der Waals surface area contributed by atoms with Crippen LogP contribution in [0.15, 0.2) is 82.1 Å². The molecule has 0 saturated heterocycles. The Balaban J connectivity index is 1.64. The second kappa shape index (κ2) is 7.94. The zero-order valence-electron chi connectivity index (χ0n) is 13.5. The number of carbonyl (C=O) groups is 1. The molecule has 1 aromatic heterocycles. The maximum Gasteiger partial charge on any atom is 0.271 e. The predicted molar refractivity (Wildman–Crippen MR) is 103 cm³/mol. The van der Waals surface area contributed by atoms with Gasteiger partial charge in [0.1, 0.15) is 0 Å². The van der Waals surface area contributed by atoms with E-state index in [1.807, 2.05) is 17.5 Å². The lowest BCUT2D eigenvalue weighted by atomic mass is 10.2. The highest BCUT2D eigenvalue weighted by molar-refractivity contribution is 7.92. The molecule has 6 nitrogen and oxygen atoms in total. The van der Waals surface area contributed by atoms with Gasteiger partial charge >= 0.3 is 0 Å². The molecule has 8 heteroatoms. The van der Waals surface area contributed by atoms with Gasteiger partial charge in [0.05, 0.1) is 11.1 Å². The molecule has 132 valence electrons. The lowest BCUT2D eigenvalue weighted by Gasteiger charge is -2.08. The summed E-state index contributed by atoms with van der Waals surface area (Å²) in [5.74, 6) is -0.379. The third-order valence-corrected chi connectivity index (χ3v) is 5.56. The lowest BCUT2D eigenvalue weighted by Crippen LogP contribution is -2.17. The first-order valence-electron chi connectivity index (χ1n) is 7.59. The molecule has 0 atom stereocenters. The number of thiophene rings is 1. The van der Waals surface area contributed by atoms with E-state index in [1.165, 1.54) is 47.7 Å². The van der Waals surface area contributed by atoms with Gasteiger partial charge in [0, 0.05) is 16.1 Å². The summed E-state index contributed by atoms with van der Waals surface area (Å²) in [6.45, 7) is 0. The van der Waals surface area contributed by atoms with Crippen LogP contribution in [0.25, 0.3) is 0 Å². The predicted octanol–water partition coefficient (Wildman–Crippen LogP) is 3.31. The Hall–Kier alpha value is -2.97. The molecule has 0 saturated carbocycles. The van der Waals surface area contributed by atoms with E-state index in [0.717, 1.165) is 4.88 Å². The number of benzene rings is 2. The summed E-state index contributed by atoms with van der Waals surface area (Å²) >= 11 is 1.51. The molecule has 0 aliphatic rings. The van der Waals surface area contributed by atoms with Crippen LogP contribution < -0.4 is 10.1 Å². The van der Waals surface area contributed by atoms with E-state index in [9.17, 15) is 13.2 Å². The van der Waals surface area contributed by atoms with E-state index < -0.39 is 10.0 Å². The van der Waals surface area contributed by atoms with Crippen molar-refractivity contribution >= 4 is 39.2 Å². The summed E-state index contributed by atoms with van der Waals surface area (Å²) in [6, 6.07) is 17.9. The molecule has 0 unspecified atom stereocenters. The number of hydrazone groups is 1. The largest absolute Gasteiger partial charge is 0.280 e. The van der Waals surface area contributed by atoms with Crippen LogP contribution in [0.4, 0.5) is 5.69 Å². The van der Waals surface area contributed by atoms with E-state index in [1.54, 1.807) is 24.4 Å². The topological polar surface area (TPSA) is 87.6 Å². The lowest BCUT2D eigenvalue weighted by molar-refractivity contribution is 0.0955. The smallest absolute Gasteiger partial charge is 0.271 e. The first-order valence-corrected chi connectivity index (χ1v) is 9.96. The number of anilines is 1. The Labute approximate surface area is 155 Å². The fourth-order valence-corrected chi connectivity index (χ4v) is 3.75. The average molecular weight is 385 g/mol. The molecular weight excluding hydrogens is 370 g/mol. The number of carbonyl (C=O) groups excluding carboxylic acids is 1. The Morgan fingerprint density at radius 3 is 2.35 bits per heavy atom. The van der Waals surface area contributed by atoms with Gasteiger partial charge < -0.3 is 0 Å². The van der Waals surface area contributed by atoms with Crippen LogP contribution in [0.3, 0.4) is 0 Å². The number of hydrogen-bond acceptors (Lipinski definition) is 5. The fraction of sp³-hybridized carbons (Fsp3) is 0. The average Bonchev–Trinajstić information content (AvgIpc) is 3.16. The molecular formula is C18H15N3O3S2. The highest BCUT2D eigenvalue weighted by Crippen LogP contribution is 2.16. The van der Waals surface area contributed by atoms with E-state index in [4.69, 9.17) is 0 Å². The minimum Gasteiger partial charge on any atom is -0.280 e. The maximum atomic E-state index is 12.3. The molecule has 0 aliphatic heterocycles. The molecule has 3 rings (SSSR count). The van der Waals surface area contributed by atoms with E-state index in [0.29, 0.717) is 11.3 Å². The number of rotatable bonds is 6. The Morgan fingerprint density at radius 1 is 0.962 bits per heavy atom. The molecule has 0 bridgehead atoms. The van der Waals surface area contributed by atoms with Crippen molar-refractivity contribution in [3.05, 3.63) is 82.6 Å². The third-order valence-electron chi connectivity index (χ3n) is 3.35.